The molecule has 1 unspecified atom stereocenters. The van der Waals surface area contributed by atoms with Crippen molar-refractivity contribution in [1.82, 2.24) is 5.32 Å². The van der Waals surface area contributed by atoms with Crippen molar-refractivity contribution in [2.24, 2.45) is 0 Å². The maximum Gasteiger partial charge on any atom is 0.254 e. The summed E-state index contributed by atoms with van der Waals surface area (Å²) in [5.74, 6) is 0.220. The van der Waals surface area contributed by atoms with Crippen molar-refractivity contribution >= 4 is 33.4 Å². The molecule has 0 saturated heterocycles. The van der Waals surface area contributed by atoms with Crippen molar-refractivity contribution in [3.8, 4) is 11.5 Å². The summed E-state index contributed by atoms with van der Waals surface area (Å²) >= 11 is 1.64. The normalized spacial score (nSPS) is 12.0. The van der Waals surface area contributed by atoms with E-state index < -0.39 is 15.9 Å². The van der Waals surface area contributed by atoms with Crippen LogP contribution in [0.5, 0.6) is 11.5 Å². The number of ether oxygens (including phenoxy) is 2. The molecule has 0 bridgehead atoms. The van der Waals surface area contributed by atoms with Gasteiger partial charge in [0.25, 0.3) is 5.91 Å². The second-order valence-electron chi connectivity index (χ2n) is 7.95. The zero-order valence-corrected chi connectivity index (χ0v) is 22.1. The summed E-state index contributed by atoms with van der Waals surface area (Å²) in [4.78, 5) is 14.6. The van der Waals surface area contributed by atoms with Gasteiger partial charge < -0.3 is 14.8 Å². The first-order chi connectivity index (χ1) is 16.7. The SMILES string of the molecule is COc1cc(C(=O)NC(C)c2ccc(SC)cc2)c(N(Cc2ccccc2)S(C)(=O)=O)cc1OC. The first-order valence-corrected chi connectivity index (χ1v) is 14.0. The molecule has 9 heteroatoms. The predicted octanol–water partition coefficient (Wildman–Crippen LogP) is 4.88. The lowest BCUT2D eigenvalue weighted by molar-refractivity contribution is 0.0940. The van der Waals surface area contributed by atoms with Crippen LogP contribution in [0.2, 0.25) is 0 Å². The number of methoxy groups -OCH3 is 2. The molecule has 0 aliphatic carbocycles. The van der Waals surface area contributed by atoms with Gasteiger partial charge in [0.1, 0.15) is 0 Å². The van der Waals surface area contributed by atoms with Gasteiger partial charge in [-0.15, -0.1) is 11.8 Å². The molecule has 1 amide bonds. The standard InChI is InChI=1S/C26H30N2O5S2/c1-18(20-11-13-21(34-4)14-12-20)27-26(29)22-15-24(32-2)25(33-3)16-23(22)28(35(5,30)31)17-19-9-7-6-8-10-19/h6-16,18H,17H2,1-5H3,(H,27,29). The summed E-state index contributed by atoms with van der Waals surface area (Å²) in [7, 11) is -0.823. The van der Waals surface area contributed by atoms with Crippen LogP contribution in [0.15, 0.2) is 71.6 Å². The summed E-state index contributed by atoms with van der Waals surface area (Å²) in [6, 6.07) is 19.8. The molecule has 3 aromatic rings. The van der Waals surface area contributed by atoms with E-state index in [1.165, 1.54) is 30.7 Å². The summed E-state index contributed by atoms with van der Waals surface area (Å²) in [5, 5.41) is 2.99. The van der Waals surface area contributed by atoms with Gasteiger partial charge >= 0.3 is 0 Å². The smallest absolute Gasteiger partial charge is 0.254 e. The Morgan fingerprint density at radius 2 is 1.60 bits per heavy atom. The molecule has 0 aliphatic rings. The van der Waals surface area contributed by atoms with Crippen LogP contribution >= 0.6 is 11.8 Å². The highest BCUT2D eigenvalue weighted by Crippen LogP contribution is 2.37. The van der Waals surface area contributed by atoms with E-state index in [1.54, 1.807) is 11.8 Å². The molecular weight excluding hydrogens is 484 g/mol. The molecule has 35 heavy (non-hydrogen) atoms. The zero-order chi connectivity index (χ0) is 25.6. The number of hydrogen-bond donors (Lipinski definition) is 1. The number of benzene rings is 3. The third-order valence-corrected chi connectivity index (χ3v) is 7.42. The van der Waals surface area contributed by atoms with Crippen molar-refractivity contribution in [2.75, 3.05) is 31.0 Å². The van der Waals surface area contributed by atoms with Crippen molar-refractivity contribution in [3.63, 3.8) is 0 Å². The van der Waals surface area contributed by atoms with E-state index in [1.807, 2.05) is 67.8 Å². The maximum atomic E-state index is 13.5. The van der Waals surface area contributed by atoms with Gasteiger partial charge in [0.15, 0.2) is 11.5 Å². The van der Waals surface area contributed by atoms with E-state index in [9.17, 15) is 13.2 Å². The number of carbonyl (C=O) groups excluding carboxylic acids is 1. The van der Waals surface area contributed by atoms with E-state index in [4.69, 9.17) is 9.47 Å². The second kappa shape index (κ2) is 11.5. The minimum absolute atomic E-state index is 0.0567. The third-order valence-electron chi connectivity index (χ3n) is 5.55. The maximum absolute atomic E-state index is 13.5. The molecule has 0 aromatic heterocycles. The number of nitrogens with zero attached hydrogens (tertiary/aromatic N) is 1. The van der Waals surface area contributed by atoms with Crippen molar-refractivity contribution in [2.45, 2.75) is 24.4 Å². The summed E-state index contributed by atoms with van der Waals surface area (Å²) in [6.45, 7) is 1.94. The average Bonchev–Trinajstić information content (AvgIpc) is 2.86. The van der Waals surface area contributed by atoms with E-state index in [0.717, 1.165) is 22.3 Å². The van der Waals surface area contributed by atoms with Gasteiger partial charge in [0, 0.05) is 11.0 Å². The number of hydrogen-bond acceptors (Lipinski definition) is 6. The highest BCUT2D eigenvalue weighted by Gasteiger charge is 2.27. The van der Waals surface area contributed by atoms with Crippen LogP contribution in [0, 0.1) is 0 Å². The zero-order valence-electron chi connectivity index (χ0n) is 20.4. The van der Waals surface area contributed by atoms with E-state index in [0.29, 0.717) is 11.5 Å². The van der Waals surface area contributed by atoms with Gasteiger partial charge in [-0.2, -0.15) is 0 Å². The Labute approximate surface area is 211 Å². The Morgan fingerprint density at radius 3 is 2.14 bits per heavy atom. The number of rotatable bonds is 10. The topological polar surface area (TPSA) is 84.9 Å². The summed E-state index contributed by atoms with van der Waals surface area (Å²) in [6.07, 6.45) is 3.12. The number of carbonyl (C=O) groups is 1. The lowest BCUT2D eigenvalue weighted by Crippen LogP contribution is -2.33. The van der Waals surface area contributed by atoms with Crippen LogP contribution in [-0.4, -0.2) is 41.1 Å². The number of anilines is 1. The van der Waals surface area contributed by atoms with Crippen LogP contribution in [0.1, 0.15) is 34.5 Å². The molecule has 0 saturated carbocycles. The van der Waals surface area contributed by atoms with Crippen LogP contribution < -0.4 is 19.1 Å². The number of amides is 1. The molecule has 3 rings (SSSR count). The van der Waals surface area contributed by atoms with E-state index in [-0.39, 0.29) is 23.8 Å². The summed E-state index contributed by atoms with van der Waals surface area (Å²) in [5.41, 5.74) is 2.08. The molecule has 0 fully saturated rings. The van der Waals surface area contributed by atoms with Gasteiger partial charge in [-0.1, -0.05) is 42.5 Å². The Morgan fingerprint density at radius 1 is 1.00 bits per heavy atom. The lowest BCUT2D eigenvalue weighted by Gasteiger charge is -2.26. The molecule has 0 aliphatic heterocycles. The van der Waals surface area contributed by atoms with Gasteiger partial charge in [0.05, 0.1) is 44.3 Å². The summed E-state index contributed by atoms with van der Waals surface area (Å²) < 4.78 is 37.8. The fourth-order valence-corrected chi connectivity index (χ4v) is 4.94. The van der Waals surface area contributed by atoms with Crippen LogP contribution in [0.4, 0.5) is 5.69 Å². The molecule has 0 radical (unpaired) electrons. The highest BCUT2D eigenvalue weighted by atomic mass is 32.2. The molecule has 1 N–H and O–H groups in total. The van der Waals surface area contributed by atoms with E-state index >= 15 is 0 Å². The Bertz CT molecular complexity index is 1260. The van der Waals surface area contributed by atoms with Gasteiger partial charge in [-0.25, -0.2) is 8.42 Å². The minimum atomic E-state index is -3.75. The first kappa shape index (κ1) is 26.4. The molecule has 186 valence electrons. The van der Waals surface area contributed by atoms with Crippen molar-refractivity contribution in [1.29, 1.82) is 0 Å². The molecule has 0 heterocycles. The van der Waals surface area contributed by atoms with E-state index in [2.05, 4.69) is 5.32 Å². The largest absolute Gasteiger partial charge is 0.493 e. The molecule has 3 aromatic carbocycles. The Hall–Kier alpha value is -3.17. The van der Waals surface area contributed by atoms with Crippen LogP contribution in [0.3, 0.4) is 0 Å². The lowest BCUT2D eigenvalue weighted by atomic mass is 10.1. The fourth-order valence-electron chi connectivity index (χ4n) is 3.64. The Balaban J connectivity index is 2.05. The van der Waals surface area contributed by atoms with Crippen molar-refractivity contribution < 1.29 is 22.7 Å². The predicted molar refractivity (Wildman–Crippen MR) is 141 cm³/mol. The fraction of sp³-hybridized carbons (Fsp3) is 0.269. The number of nitrogens with one attached hydrogen (secondary N) is 1. The van der Waals surface area contributed by atoms with Crippen LogP contribution in [-0.2, 0) is 16.6 Å². The Kier molecular flexibility index (Phi) is 8.69. The van der Waals surface area contributed by atoms with Gasteiger partial charge in [0.2, 0.25) is 10.0 Å². The molecule has 0 spiro atoms. The second-order valence-corrected chi connectivity index (χ2v) is 10.7. The minimum Gasteiger partial charge on any atom is -0.493 e. The quantitative estimate of drug-likeness (QED) is 0.388. The van der Waals surface area contributed by atoms with Gasteiger partial charge in [-0.3, -0.25) is 9.10 Å². The number of sulfonamides is 1. The van der Waals surface area contributed by atoms with Crippen molar-refractivity contribution in [3.05, 3.63) is 83.4 Å². The molecule has 7 nitrogen and oxygen atoms in total. The monoisotopic (exact) mass is 514 g/mol. The number of thioether (sulfide) groups is 1. The molecule has 1 atom stereocenters. The third kappa shape index (κ3) is 6.49. The highest BCUT2D eigenvalue weighted by molar-refractivity contribution is 7.98. The average molecular weight is 515 g/mol. The first-order valence-electron chi connectivity index (χ1n) is 10.9. The van der Waals surface area contributed by atoms with Crippen LogP contribution in [0.25, 0.3) is 0 Å². The van der Waals surface area contributed by atoms with Gasteiger partial charge in [-0.05, 0) is 42.5 Å². The molecular formula is C26H30N2O5S2.